The van der Waals surface area contributed by atoms with Crippen molar-refractivity contribution < 1.29 is 9.90 Å². The molecule has 3 nitrogen and oxygen atoms in total. The lowest BCUT2D eigenvalue weighted by atomic mass is 9.81. The van der Waals surface area contributed by atoms with Crippen LogP contribution in [0.15, 0.2) is 18.2 Å². The van der Waals surface area contributed by atoms with E-state index in [0.29, 0.717) is 12.5 Å². The minimum atomic E-state index is -0.749. The van der Waals surface area contributed by atoms with Crippen molar-refractivity contribution in [2.24, 2.45) is 17.1 Å². The molecule has 0 heterocycles. The second-order valence-electron chi connectivity index (χ2n) is 6.33. The molecule has 19 heavy (non-hydrogen) atoms. The number of carbonyl (C=O) groups is 1. The van der Waals surface area contributed by atoms with E-state index in [0.717, 1.165) is 19.3 Å². The summed E-state index contributed by atoms with van der Waals surface area (Å²) in [6.45, 7) is 4.86. The second kappa shape index (κ2) is 5.33. The van der Waals surface area contributed by atoms with Crippen molar-refractivity contribution >= 4 is 5.97 Å². The molecule has 0 aliphatic heterocycles. The van der Waals surface area contributed by atoms with E-state index in [2.05, 4.69) is 32.0 Å². The predicted molar refractivity (Wildman–Crippen MR) is 76.1 cm³/mol. The summed E-state index contributed by atoms with van der Waals surface area (Å²) in [6, 6.07) is 6.58. The van der Waals surface area contributed by atoms with E-state index in [1.807, 2.05) is 0 Å². The van der Waals surface area contributed by atoms with Crippen molar-refractivity contribution in [2.75, 3.05) is 6.54 Å². The number of hydrogen-bond donors (Lipinski definition) is 2. The van der Waals surface area contributed by atoms with Crippen LogP contribution in [0.3, 0.4) is 0 Å². The molecule has 1 aromatic rings. The molecule has 0 saturated carbocycles. The summed E-state index contributed by atoms with van der Waals surface area (Å²) in [4.78, 5) is 11.0. The largest absolute Gasteiger partial charge is 0.481 e. The predicted octanol–water partition coefficient (Wildman–Crippen LogP) is 2.40. The van der Waals surface area contributed by atoms with Crippen LogP contribution in [0.1, 0.15) is 37.0 Å². The molecule has 0 saturated heterocycles. The van der Waals surface area contributed by atoms with Crippen LogP contribution in [0.4, 0.5) is 0 Å². The molecular weight excluding hydrogens is 238 g/mol. The fourth-order valence-corrected chi connectivity index (χ4v) is 3.15. The minimum absolute atomic E-state index is 0.164. The van der Waals surface area contributed by atoms with Gasteiger partial charge in [-0.25, -0.2) is 0 Å². The molecule has 0 aromatic heterocycles. The van der Waals surface area contributed by atoms with Crippen LogP contribution >= 0.6 is 0 Å². The Morgan fingerprint density at radius 1 is 1.37 bits per heavy atom. The topological polar surface area (TPSA) is 63.3 Å². The lowest BCUT2D eigenvalue weighted by molar-refractivity contribution is -0.139. The molecule has 1 aliphatic carbocycles. The first-order chi connectivity index (χ1) is 8.94. The van der Waals surface area contributed by atoms with Gasteiger partial charge in [0, 0.05) is 5.41 Å². The number of carboxylic acid groups (broad SMARTS) is 1. The number of hydrogen-bond acceptors (Lipinski definition) is 2. The summed E-state index contributed by atoms with van der Waals surface area (Å²) in [5, 5.41) is 9.07. The number of carboxylic acids is 1. The molecule has 0 fully saturated rings. The van der Waals surface area contributed by atoms with E-state index in [4.69, 9.17) is 10.8 Å². The zero-order chi connectivity index (χ0) is 14.0. The Balaban J connectivity index is 2.21. The molecule has 3 N–H and O–H groups in total. The molecule has 1 atom stereocenters. The van der Waals surface area contributed by atoms with Gasteiger partial charge in [-0.05, 0) is 48.4 Å². The highest BCUT2D eigenvalue weighted by Gasteiger charge is 2.38. The van der Waals surface area contributed by atoms with Gasteiger partial charge >= 0.3 is 5.97 Å². The lowest BCUT2D eigenvalue weighted by Gasteiger charge is -2.24. The number of benzene rings is 1. The van der Waals surface area contributed by atoms with Crippen molar-refractivity contribution in [1.29, 1.82) is 0 Å². The van der Waals surface area contributed by atoms with Gasteiger partial charge in [-0.2, -0.15) is 0 Å². The number of fused-ring (bicyclic) bond motifs is 1. The Kier molecular flexibility index (Phi) is 3.95. The van der Waals surface area contributed by atoms with Gasteiger partial charge in [0.15, 0.2) is 0 Å². The SMILES string of the molecule is CC(C)Cc1ccc2c(c1)CC(CN)(CC(=O)O)C2. The summed E-state index contributed by atoms with van der Waals surface area (Å²) < 4.78 is 0. The summed E-state index contributed by atoms with van der Waals surface area (Å²) >= 11 is 0. The third kappa shape index (κ3) is 3.16. The standard InChI is InChI=1S/C16H23NO2/c1-11(2)5-12-3-4-13-7-16(10-17,9-15(18)19)8-14(13)6-12/h3-4,6,11H,5,7-10,17H2,1-2H3,(H,18,19). The first kappa shape index (κ1) is 14.1. The number of rotatable bonds is 5. The van der Waals surface area contributed by atoms with Gasteiger partial charge in [0.05, 0.1) is 6.42 Å². The molecule has 104 valence electrons. The Labute approximate surface area is 114 Å². The molecule has 2 rings (SSSR count). The van der Waals surface area contributed by atoms with Crippen molar-refractivity contribution in [3.05, 3.63) is 34.9 Å². The maximum Gasteiger partial charge on any atom is 0.303 e. The van der Waals surface area contributed by atoms with Crippen LogP contribution in [0, 0.1) is 11.3 Å². The van der Waals surface area contributed by atoms with E-state index in [1.54, 1.807) is 0 Å². The maximum atomic E-state index is 11.0. The third-order valence-electron chi connectivity index (χ3n) is 4.00. The van der Waals surface area contributed by atoms with Crippen molar-refractivity contribution in [2.45, 2.75) is 39.5 Å². The lowest BCUT2D eigenvalue weighted by Crippen LogP contribution is -2.33. The molecule has 0 radical (unpaired) electrons. The van der Waals surface area contributed by atoms with E-state index in [9.17, 15) is 4.79 Å². The Bertz CT molecular complexity index is 482. The number of nitrogens with two attached hydrogens (primary N) is 1. The van der Waals surface area contributed by atoms with Gasteiger partial charge in [0.2, 0.25) is 0 Å². The normalized spacial score (nSPS) is 21.7. The maximum absolute atomic E-state index is 11.0. The molecular formula is C16H23NO2. The molecule has 1 aromatic carbocycles. The highest BCUT2D eigenvalue weighted by molar-refractivity contribution is 5.68. The average molecular weight is 261 g/mol. The van der Waals surface area contributed by atoms with Crippen LogP contribution in [0.25, 0.3) is 0 Å². The van der Waals surface area contributed by atoms with Gasteiger partial charge in [-0.3, -0.25) is 4.79 Å². The van der Waals surface area contributed by atoms with Gasteiger partial charge in [0.25, 0.3) is 0 Å². The zero-order valence-electron chi connectivity index (χ0n) is 11.8. The van der Waals surface area contributed by atoms with E-state index >= 15 is 0 Å². The van der Waals surface area contributed by atoms with Gasteiger partial charge in [0.1, 0.15) is 0 Å². The molecule has 0 bridgehead atoms. The summed E-state index contributed by atoms with van der Waals surface area (Å²) in [6.07, 6.45) is 2.84. The van der Waals surface area contributed by atoms with Gasteiger partial charge in [-0.1, -0.05) is 32.0 Å². The first-order valence-electron chi connectivity index (χ1n) is 6.97. The molecule has 1 unspecified atom stereocenters. The second-order valence-corrected chi connectivity index (χ2v) is 6.33. The summed E-state index contributed by atoms with van der Waals surface area (Å²) in [5.41, 5.74) is 9.50. The van der Waals surface area contributed by atoms with E-state index < -0.39 is 5.97 Å². The average Bonchev–Trinajstić information content (AvgIpc) is 2.65. The Morgan fingerprint density at radius 3 is 2.63 bits per heavy atom. The molecule has 3 heteroatoms. The smallest absolute Gasteiger partial charge is 0.303 e. The van der Waals surface area contributed by atoms with Gasteiger partial charge in [-0.15, -0.1) is 0 Å². The van der Waals surface area contributed by atoms with E-state index in [-0.39, 0.29) is 11.8 Å². The van der Waals surface area contributed by atoms with Crippen LogP contribution in [0.2, 0.25) is 0 Å². The van der Waals surface area contributed by atoms with Gasteiger partial charge < -0.3 is 10.8 Å². The zero-order valence-corrected chi connectivity index (χ0v) is 11.8. The Hall–Kier alpha value is -1.35. The minimum Gasteiger partial charge on any atom is -0.481 e. The summed E-state index contributed by atoms with van der Waals surface area (Å²) in [5.74, 6) is -0.113. The Morgan fingerprint density at radius 2 is 2.05 bits per heavy atom. The van der Waals surface area contributed by atoms with Crippen molar-refractivity contribution in [1.82, 2.24) is 0 Å². The number of aliphatic carboxylic acids is 1. The van der Waals surface area contributed by atoms with E-state index in [1.165, 1.54) is 16.7 Å². The quantitative estimate of drug-likeness (QED) is 0.855. The van der Waals surface area contributed by atoms with Crippen molar-refractivity contribution in [3.63, 3.8) is 0 Å². The highest BCUT2D eigenvalue weighted by atomic mass is 16.4. The summed E-state index contributed by atoms with van der Waals surface area (Å²) in [7, 11) is 0. The first-order valence-corrected chi connectivity index (χ1v) is 6.97. The molecule has 1 aliphatic rings. The van der Waals surface area contributed by atoms with Crippen LogP contribution in [-0.2, 0) is 24.1 Å². The monoisotopic (exact) mass is 261 g/mol. The van der Waals surface area contributed by atoms with Crippen LogP contribution in [-0.4, -0.2) is 17.6 Å². The molecule has 0 spiro atoms. The molecule has 0 amide bonds. The van der Waals surface area contributed by atoms with Crippen LogP contribution in [0.5, 0.6) is 0 Å². The van der Waals surface area contributed by atoms with Crippen LogP contribution < -0.4 is 5.73 Å². The third-order valence-corrected chi connectivity index (χ3v) is 4.00. The highest BCUT2D eigenvalue weighted by Crippen LogP contribution is 2.39. The fraction of sp³-hybridized carbons (Fsp3) is 0.562. The van der Waals surface area contributed by atoms with Crippen molar-refractivity contribution in [3.8, 4) is 0 Å². The fourth-order valence-electron chi connectivity index (χ4n) is 3.15.